The summed E-state index contributed by atoms with van der Waals surface area (Å²) in [5, 5.41) is 0. The SMILES string of the molecule is CCCCn1c(-c2ccccc2)nc(-c2ccccc2)c1CN(Cc1cc(C)c(OC(F)F)c(C)c1)CC1CCCCC1. The van der Waals surface area contributed by atoms with E-state index in [1.807, 2.05) is 26.0 Å². The number of imidazole rings is 1. The number of hydrogen-bond donors (Lipinski definition) is 0. The molecule has 5 rings (SSSR count). The highest BCUT2D eigenvalue weighted by molar-refractivity contribution is 5.68. The van der Waals surface area contributed by atoms with Crippen LogP contribution in [0.1, 0.15) is 74.3 Å². The van der Waals surface area contributed by atoms with Crippen LogP contribution < -0.4 is 4.74 Å². The van der Waals surface area contributed by atoms with Gasteiger partial charge < -0.3 is 9.30 Å². The molecule has 6 heteroatoms. The van der Waals surface area contributed by atoms with Gasteiger partial charge in [-0.05, 0) is 55.7 Å². The van der Waals surface area contributed by atoms with Crippen LogP contribution in [0.5, 0.6) is 5.75 Å². The minimum Gasteiger partial charge on any atom is -0.434 e. The molecule has 0 saturated heterocycles. The molecule has 0 radical (unpaired) electrons. The van der Waals surface area contributed by atoms with Gasteiger partial charge in [-0.2, -0.15) is 8.78 Å². The topological polar surface area (TPSA) is 30.3 Å². The lowest BCUT2D eigenvalue weighted by atomic mass is 9.88. The van der Waals surface area contributed by atoms with Gasteiger partial charge in [0.1, 0.15) is 11.6 Å². The van der Waals surface area contributed by atoms with Crippen molar-refractivity contribution in [2.24, 2.45) is 5.92 Å². The van der Waals surface area contributed by atoms with Gasteiger partial charge in [0.2, 0.25) is 0 Å². The van der Waals surface area contributed by atoms with Crippen molar-refractivity contribution in [1.82, 2.24) is 14.5 Å². The fraction of sp³-hybridized carbons (Fsp3) is 0.432. The van der Waals surface area contributed by atoms with E-state index >= 15 is 0 Å². The monoisotopic (exact) mass is 585 g/mol. The van der Waals surface area contributed by atoms with Gasteiger partial charge in [-0.3, -0.25) is 4.90 Å². The summed E-state index contributed by atoms with van der Waals surface area (Å²) >= 11 is 0. The first-order valence-corrected chi connectivity index (χ1v) is 15.9. The van der Waals surface area contributed by atoms with Gasteiger partial charge in [-0.1, -0.05) is 105 Å². The second-order valence-electron chi connectivity index (χ2n) is 12.1. The fourth-order valence-electron chi connectivity index (χ4n) is 6.63. The van der Waals surface area contributed by atoms with Crippen LogP contribution in [0.3, 0.4) is 0 Å². The fourth-order valence-corrected chi connectivity index (χ4v) is 6.63. The second-order valence-corrected chi connectivity index (χ2v) is 12.1. The Bertz CT molecular complexity index is 1420. The number of nitrogens with zero attached hydrogens (tertiary/aromatic N) is 3. The molecule has 43 heavy (non-hydrogen) atoms. The third-order valence-corrected chi connectivity index (χ3v) is 8.63. The number of rotatable bonds is 13. The van der Waals surface area contributed by atoms with Crippen molar-refractivity contribution in [2.45, 2.75) is 92.0 Å². The minimum atomic E-state index is -2.83. The Morgan fingerprint density at radius 2 is 1.51 bits per heavy atom. The van der Waals surface area contributed by atoms with E-state index in [1.54, 1.807) is 0 Å². The zero-order chi connectivity index (χ0) is 30.2. The summed E-state index contributed by atoms with van der Waals surface area (Å²) in [7, 11) is 0. The first-order valence-electron chi connectivity index (χ1n) is 15.9. The van der Waals surface area contributed by atoms with Gasteiger partial charge in [0.15, 0.2) is 0 Å². The molecule has 0 N–H and O–H groups in total. The van der Waals surface area contributed by atoms with Gasteiger partial charge in [-0.15, -0.1) is 0 Å². The average molecular weight is 586 g/mol. The van der Waals surface area contributed by atoms with Gasteiger partial charge >= 0.3 is 6.61 Å². The lowest BCUT2D eigenvalue weighted by molar-refractivity contribution is -0.0507. The van der Waals surface area contributed by atoms with Crippen molar-refractivity contribution in [3.8, 4) is 28.4 Å². The molecule has 0 amide bonds. The van der Waals surface area contributed by atoms with E-state index in [0.29, 0.717) is 5.92 Å². The lowest BCUT2D eigenvalue weighted by Gasteiger charge is -2.31. The Hall–Kier alpha value is -3.51. The van der Waals surface area contributed by atoms with E-state index < -0.39 is 6.61 Å². The summed E-state index contributed by atoms with van der Waals surface area (Å²) in [5.74, 6) is 1.95. The van der Waals surface area contributed by atoms with E-state index in [2.05, 4.69) is 77.1 Å². The molecule has 3 aromatic carbocycles. The van der Waals surface area contributed by atoms with Crippen LogP contribution in [0, 0.1) is 19.8 Å². The molecule has 228 valence electrons. The van der Waals surface area contributed by atoms with E-state index in [-0.39, 0.29) is 5.75 Å². The van der Waals surface area contributed by atoms with E-state index in [4.69, 9.17) is 9.72 Å². The van der Waals surface area contributed by atoms with Crippen molar-refractivity contribution >= 4 is 0 Å². The zero-order valence-electron chi connectivity index (χ0n) is 25.9. The van der Waals surface area contributed by atoms with E-state index in [9.17, 15) is 8.78 Å². The Labute approximate surface area is 255 Å². The maximum absolute atomic E-state index is 13.1. The standard InChI is InChI=1S/C37H45F2N3O/c1-4-5-21-42-33(34(31-17-11-7-12-18-31)40-36(42)32-19-13-8-14-20-32)26-41(24-29-15-9-6-10-16-29)25-30-22-27(2)35(28(3)23-30)43-37(38)39/h7-8,11-14,17-20,22-23,29,37H,4-6,9-10,15-16,21,24-26H2,1-3H3. The Balaban J connectivity index is 1.56. The zero-order valence-corrected chi connectivity index (χ0v) is 25.9. The highest BCUT2D eigenvalue weighted by Gasteiger charge is 2.25. The summed E-state index contributed by atoms with van der Waals surface area (Å²) in [6, 6.07) is 25.1. The van der Waals surface area contributed by atoms with Gasteiger partial charge in [0.25, 0.3) is 0 Å². The summed E-state index contributed by atoms with van der Waals surface area (Å²) in [4.78, 5) is 7.89. The number of benzene rings is 3. The smallest absolute Gasteiger partial charge is 0.387 e. The summed E-state index contributed by atoms with van der Waals surface area (Å²) in [6.07, 6.45) is 8.59. The number of alkyl halides is 2. The van der Waals surface area contributed by atoms with Crippen molar-refractivity contribution < 1.29 is 13.5 Å². The van der Waals surface area contributed by atoms with E-state index in [0.717, 1.165) is 78.4 Å². The Kier molecular flexibility index (Phi) is 10.6. The maximum atomic E-state index is 13.1. The molecule has 1 aliphatic rings. The number of aromatic nitrogens is 2. The maximum Gasteiger partial charge on any atom is 0.387 e. The molecule has 1 fully saturated rings. The third kappa shape index (κ3) is 7.91. The highest BCUT2D eigenvalue weighted by Crippen LogP contribution is 2.33. The number of aryl methyl sites for hydroxylation is 2. The summed E-state index contributed by atoms with van der Waals surface area (Å²) in [6.45, 7) is 6.53. The lowest BCUT2D eigenvalue weighted by Crippen LogP contribution is -2.31. The molecule has 4 nitrogen and oxygen atoms in total. The molecule has 0 atom stereocenters. The molecule has 0 unspecified atom stereocenters. The molecule has 1 aliphatic carbocycles. The van der Waals surface area contributed by atoms with Crippen molar-refractivity contribution in [3.63, 3.8) is 0 Å². The normalized spacial score (nSPS) is 14.1. The molecular weight excluding hydrogens is 540 g/mol. The van der Waals surface area contributed by atoms with Crippen molar-refractivity contribution in [1.29, 1.82) is 0 Å². The molecule has 1 saturated carbocycles. The second kappa shape index (κ2) is 14.8. The third-order valence-electron chi connectivity index (χ3n) is 8.63. The highest BCUT2D eigenvalue weighted by atomic mass is 19.3. The molecule has 0 bridgehead atoms. The van der Waals surface area contributed by atoms with Crippen LogP contribution in [-0.4, -0.2) is 27.6 Å². The summed E-state index contributed by atoms with van der Waals surface area (Å²) in [5.41, 5.74) is 7.15. The Morgan fingerprint density at radius 3 is 2.12 bits per heavy atom. The molecular formula is C37H45F2N3O. The van der Waals surface area contributed by atoms with Crippen LogP contribution in [-0.2, 0) is 19.6 Å². The van der Waals surface area contributed by atoms with Crippen LogP contribution in [0.2, 0.25) is 0 Å². The number of ether oxygens (including phenoxy) is 1. The van der Waals surface area contributed by atoms with Crippen LogP contribution in [0.15, 0.2) is 72.8 Å². The average Bonchev–Trinajstić information content (AvgIpc) is 3.37. The van der Waals surface area contributed by atoms with Crippen LogP contribution in [0.25, 0.3) is 22.6 Å². The van der Waals surface area contributed by atoms with Gasteiger partial charge in [0.05, 0.1) is 11.4 Å². The van der Waals surface area contributed by atoms with Crippen molar-refractivity contribution in [3.05, 3.63) is 95.2 Å². The largest absolute Gasteiger partial charge is 0.434 e. The van der Waals surface area contributed by atoms with Gasteiger partial charge in [0, 0.05) is 37.3 Å². The first kappa shape index (κ1) is 30.9. The molecule has 4 aromatic rings. The van der Waals surface area contributed by atoms with Crippen molar-refractivity contribution in [2.75, 3.05) is 6.54 Å². The van der Waals surface area contributed by atoms with Gasteiger partial charge in [-0.25, -0.2) is 4.98 Å². The first-order chi connectivity index (χ1) is 20.9. The van der Waals surface area contributed by atoms with Crippen LogP contribution >= 0.6 is 0 Å². The number of unbranched alkanes of at least 4 members (excludes halogenated alkanes) is 1. The molecule has 1 aromatic heterocycles. The number of halogens is 2. The summed E-state index contributed by atoms with van der Waals surface area (Å²) < 4.78 is 33.5. The molecule has 0 spiro atoms. The Morgan fingerprint density at radius 1 is 0.884 bits per heavy atom. The number of hydrogen-bond acceptors (Lipinski definition) is 3. The molecule has 1 heterocycles. The predicted octanol–water partition coefficient (Wildman–Crippen LogP) is 9.82. The predicted molar refractivity (Wildman–Crippen MR) is 171 cm³/mol. The minimum absolute atomic E-state index is 0.286. The quantitative estimate of drug-likeness (QED) is 0.156. The van der Waals surface area contributed by atoms with E-state index in [1.165, 1.54) is 37.8 Å². The van der Waals surface area contributed by atoms with Crippen LogP contribution in [0.4, 0.5) is 8.78 Å². The molecule has 0 aliphatic heterocycles.